The third-order valence-corrected chi connectivity index (χ3v) is 3.01. The number of benzene rings is 1. The first-order chi connectivity index (χ1) is 8.69. The van der Waals surface area contributed by atoms with Crippen molar-refractivity contribution in [3.05, 3.63) is 51.6 Å². The minimum Gasteiger partial charge on any atom is -0.486 e. The van der Waals surface area contributed by atoms with Gasteiger partial charge in [0.25, 0.3) is 0 Å². The van der Waals surface area contributed by atoms with Crippen molar-refractivity contribution in [1.29, 1.82) is 0 Å². The molecule has 0 aliphatic heterocycles. The zero-order chi connectivity index (χ0) is 13.0. The van der Waals surface area contributed by atoms with Crippen LogP contribution in [0.1, 0.15) is 5.69 Å². The Balaban J connectivity index is 2.06. The third kappa shape index (κ3) is 3.35. The molecule has 0 atom stereocenters. The van der Waals surface area contributed by atoms with Crippen molar-refractivity contribution in [2.24, 2.45) is 5.84 Å². The van der Waals surface area contributed by atoms with Crippen LogP contribution >= 0.6 is 27.5 Å². The SMILES string of the molecule is NNc1cccc(COc2ccc(Br)cc2Cl)n1. The molecular formula is C12H11BrClN3O. The van der Waals surface area contributed by atoms with E-state index in [9.17, 15) is 0 Å². The van der Waals surface area contributed by atoms with Gasteiger partial charge in [0.1, 0.15) is 18.2 Å². The van der Waals surface area contributed by atoms with Crippen LogP contribution in [0, 0.1) is 0 Å². The molecule has 2 aromatic rings. The molecular weight excluding hydrogens is 318 g/mol. The molecule has 4 nitrogen and oxygen atoms in total. The molecule has 0 fully saturated rings. The Hall–Kier alpha value is -1.30. The standard InChI is InChI=1S/C12H11BrClN3O/c13-8-4-5-11(10(14)6-8)18-7-9-2-1-3-12(16-9)17-15/h1-6H,7,15H2,(H,16,17). The van der Waals surface area contributed by atoms with Crippen LogP contribution in [-0.4, -0.2) is 4.98 Å². The summed E-state index contributed by atoms with van der Waals surface area (Å²) < 4.78 is 6.50. The van der Waals surface area contributed by atoms with Crippen LogP contribution < -0.4 is 16.0 Å². The minimum absolute atomic E-state index is 0.330. The summed E-state index contributed by atoms with van der Waals surface area (Å²) in [6, 6.07) is 10.9. The number of aromatic nitrogens is 1. The van der Waals surface area contributed by atoms with Gasteiger partial charge in [-0.25, -0.2) is 10.8 Å². The summed E-state index contributed by atoms with van der Waals surface area (Å²) in [5, 5.41) is 0.553. The van der Waals surface area contributed by atoms with Crippen LogP contribution in [0.4, 0.5) is 5.82 Å². The van der Waals surface area contributed by atoms with Gasteiger partial charge in [-0.05, 0) is 30.3 Å². The first kappa shape index (κ1) is 13.1. The van der Waals surface area contributed by atoms with Crippen LogP contribution in [0.3, 0.4) is 0 Å². The number of halogens is 2. The lowest BCUT2D eigenvalue weighted by Crippen LogP contribution is -2.09. The second-order valence-electron chi connectivity index (χ2n) is 3.52. The van der Waals surface area contributed by atoms with Crippen molar-refractivity contribution in [2.45, 2.75) is 6.61 Å². The maximum absolute atomic E-state index is 6.05. The largest absolute Gasteiger partial charge is 0.486 e. The van der Waals surface area contributed by atoms with Crippen LogP contribution in [-0.2, 0) is 6.61 Å². The van der Waals surface area contributed by atoms with Gasteiger partial charge in [-0.1, -0.05) is 33.6 Å². The molecule has 0 aliphatic rings. The average molecular weight is 329 g/mol. The van der Waals surface area contributed by atoms with E-state index in [4.69, 9.17) is 22.2 Å². The monoisotopic (exact) mass is 327 g/mol. The topological polar surface area (TPSA) is 60.2 Å². The first-order valence-electron chi connectivity index (χ1n) is 5.19. The number of anilines is 1. The molecule has 94 valence electrons. The zero-order valence-corrected chi connectivity index (χ0v) is 11.7. The van der Waals surface area contributed by atoms with Gasteiger partial charge in [-0.3, -0.25) is 0 Å². The molecule has 1 aromatic heterocycles. The van der Waals surface area contributed by atoms with Gasteiger partial charge in [0.2, 0.25) is 0 Å². The summed E-state index contributed by atoms with van der Waals surface area (Å²) in [5.74, 6) is 6.50. The van der Waals surface area contributed by atoms with Crippen molar-refractivity contribution in [3.8, 4) is 5.75 Å². The van der Waals surface area contributed by atoms with Crippen molar-refractivity contribution in [2.75, 3.05) is 5.43 Å². The van der Waals surface area contributed by atoms with Gasteiger partial charge in [-0.2, -0.15) is 0 Å². The van der Waals surface area contributed by atoms with Crippen LogP contribution in [0.2, 0.25) is 5.02 Å². The van der Waals surface area contributed by atoms with Crippen LogP contribution in [0.15, 0.2) is 40.9 Å². The Morgan fingerprint density at radius 1 is 1.33 bits per heavy atom. The van der Waals surface area contributed by atoms with Crippen molar-refractivity contribution >= 4 is 33.3 Å². The van der Waals surface area contributed by atoms with E-state index in [1.165, 1.54) is 0 Å². The van der Waals surface area contributed by atoms with Crippen LogP contribution in [0.5, 0.6) is 5.75 Å². The molecule has 1 heterocycles. The Kier molecular flexibility index (Phi) is 4.41. The fourth-order valence-corrected chi connectivity index (χ4v) is 2.11. The third-order valence-electron chi connectivity index (χ3n) is 2.22. The molecule has 0 amide bonds. The molecule has 3 N–H and O–H groups in total. The first-order valence-corrected chi connectivity index (χ1v) is 6.36. The highest BCUT2D eigenvalue weighted by molar-refractivity contribution is 9.10. The van der Waals surface area contributed by atoms with E-state index in [0.29, 0.717) is 23.2 Å². The van der Waals surface area contributed by atoms with E-state index in [2.05, 4.69) is 26.3 Å². The summed E-state index contributed by atoms with van der Waals surface area (Å²) in [7, 11) is 0. The Morgan fingerprint density at radius 2 is 2.17 bits per heavy atom. The summed E-state index contributed by atoms with van der Waals surface area (Å²) in [5.41, 5.74) is 3.25. The maximum Gasteiger partial charge on any atom is 0.140 e. The number of nitrogen functional groups attached to an aromatic ring is 1. The number of nitrogens with zero attached hydrogens (tertiary/aromatic N) is 1. The quantitative estimate of drug-likeness (QED) is 0.667. The molecule has 2 rings (SSSR count). The predicted octanol–water partition coefficient (Wildman–Crippen LogP) is 3.36. The van der Waals surface area contributed by atoms with Crippen molar-refractivity contribution in [3.63, 3.8) is 0 Å². The number of nitrogens with two attached hydrogens (primary N) is 1. The molecule has 0 bridgehead atoms. The van der Waals surface area contributed by atoms with Gasteiger partial charge in [0.05, 0.1) is 10.7 Å². The normalized spacial score (nSPS) is 10.2. The predicted molar refractivity (Wildman–Crippen MR) is 75.5 cm³/mol. The van der Waals surface area contributed by atoms with Gasteiger partial charge < -0.3 is 10.2 Å². The lowest BCUT2D eigenvalue weighted by Gasteiger charge is -2.08. The number of ether oxygens (including phenoxy) is 1. The lowest BCUT2D eigenvalue weighted by molar-refractivity contribution is 0.301. The van der Waals surface area contributed by atoms with Crippen molar-refractivity contribution < 1.29 is 4.74 Å². The van der Waals surface area contributed by atoms with Crippen LogP contribution in [0.25, 0.3) is 0 Å². The van der Waals surface area contributed by atoms with E-state index < -0.39 is 0 Å². The maximum atomic E-state index is 6.05. The smallest absolute Gasteiger partial charge is 0.140 e. The number of hydrazine groups is 1. The summed E-state index contributed by atoms with van der Waals surface area (Å²) >= 11 is 9.38. The fraction of sp³-hybridized carbons (Fsp3) is 0.0833. The van der Waals surface area contributed by atoms with Crippen molar-refractivity contribution in [1.82, 2.24) is 4.98 Å². The molecule has 0 saturated carbocycles. The second-order valence-corrected chi connectivity index (χ2v) is 4.84. The number of hydrogen-bond donors (Lipinski definition) is 2. The van der Waals surface area contributed by atoms with E-state index in [0.717, 1.165) is 10.2 Å². The highest BCUT2D eigenvalue weighted by Crippen LogP contribution is 2.28. The Morgan fingerprint density at radius 3 is 2.89 bits per heavy atom. The molecule has 18 heavy (non-hydrogen) atoms. The van der Waals surface area contributed by atoms with E-state index in [1.807, 2.05) is 18.2 Å². The Bertz CT molecular complexity index is 551. The van der Waals surface area contributed by atoms with Gasteiger partial charge >= 0.3 is 0 Å². The average Bonchev–Trinajstić information content (AvgIpc) is 2.38. The molecule has 1 aromatic carbocycles. The Labute approximate surface area is 118 Å². The second kappa shape index (κ2) is 6.04. The highest BCUT2D eigenvalue weighted by Gasteiger charge is 2.03. The lowest BCUT2D eigenvalue weighted by atomic mass is 10.3. The molecule has 0 radical (unpaired) electrons. The number of rotatable bonds is 4. The molecule has 6 heteroatoms. The zero-order valence-electron chi connectivity index (χ0n) is 9.36. The van der Waals surface area contributed by atoms with Gasteiger partial charge in [-0.15, -0.1) is 0 Å². The summed E-state index contributed by atoms with van der Waals surface area (Å²) in [6.07, 6.45) is 0. The van der Waals surface area contributed by atoms with Gasteiger partial charge in [0.15, 0.2) is 0 Å². The van der Waals surface area contributed by atoms with E-state index >= 15 is 0 Å². The highest BCUT2D eigenvalue weighted by atomic mass is 79.9. The van der Waals surface area contributed by atoms with E-state index in [1.54, 1.807) is 18.2 Å². The van der Waals surface area contributed by atoms with Gasteiger partial charge in [0, 0.05) is 4.47 Å². The summed E-state index contributed by atoms with van der Waals surface area (Å²) in [4.78, 5) is 4.24. The number of pyridine rings is 1. The minimum atomic E-state index is 0.330. The molecule has 0 saturated heterocycles. The fourth-order valence-electron chi connectivity index (χ4n) is 1.38. The molecule has 0 spiro atoms. The molecule has 0 unspecified atom stereocenters. The summed E-state index contributed by atoms with van der Waals surface area (Å²) in [6.45, 7) is 0.330. The number of nitrogens with one attached hydrogen (secondary N) is 1. The molecule has 0 aliphatic carbocycles. The van der Waals surface area contributed by atoms with E-state index in [-0.39, 0.29) is 0 Å². The number of hydrogen-bond acceptors (Lipinski definition) is 4.